The Bertz CT molecular complexity index is 868. The first-order valence-electron chi connectivity index (χ1n) is 11.0. The summed E-state index contributed by atoms with van der Waals surface area (Å²) in [7, 11) is 0. The molecule has 8 heteroatoms. The zero-order valence-electron chi connectivity index (χ0n) is 18.2. The largest absolute Gasteiger partial charge is 0.493 e. The topological polar surface area (TPSA) is 101 Å². The second kappa shape index (κ2) is 12.4. The fourth-order valence-corrected chi connectivity index (χ4v) is 3.56. The molecular weight excluding hydrogens is 408 g/mol. The Morgan fingerprint density at radius 3 is 2.41 bits per heavy atom. The molecule has 0 spiro atoms. The van der Waals surface area contributed by atoms with Crippen molar-refractivity contribution in [2.45, 2.75) is 32.2 Å². The van der Waals surface area contributed by atoms with E-state index in [2.05, 4.69) is 15.6 Å². The van der Waals surface area contributed by atoms with Crippen LogP contribution >= 0.6 is 0 Å². The number of amides is 3. The summed E-state index contributed by atoms with van der Waals surface area (Å²) in [5, 5.41) is 5.67. The van der Waals surface area contributed by atoms with Crippen molar-refractivity contribution >= 4 is 17.7 Å². The summed E-state index contributed by atoms with van der Waals surface area (Å²) in [5.41, 5.74) is 0.977. The molecule has 32 heavy (non-hydrogen) atoms. The van der Waals surface area contributed by atoms with Gasteiger partial charge in [-0.05, 0) is 42.7 Å². The minimum Gasteiger partial charge on any atom is -0.493 e. The van der Waals surface area contributed by atoms with Gasteiger partial charge in [-0.25, -0.2) is 0 Å². The van der Waals surface area contributed by atoms with Gasteiger partial charge in [0.2, 0.25) is 17.7 Å². The molecule has 1 aliphatic heterocycles. The number of carbonyl (C=O) groups is 3. The fourth-order valence-electron chi connectivity index (χ4n) is 3.56. The van der Waals surface area contributed by atoms with Gasteiger partial charge < -0.3 is 20.3 Å². The zero-order chi connectivity index (χ0) is 22.6. The highest BCUT2D eigenvalue weighted by Gasteiger charge is 2.27. The van der Waals surface area contributed by atoms with Crippen molar-refractivity contribution in [3.63, 3.8) is 0 Å². The summed E-state index contributed by atoms with van der Waals surface area (Å²) in [5.74, 6) is 0.513. The van der Waals surface area contributed by atoms with Crippen molar-refractivity contribution in [1.82, 2.24) is 20.5 Å². The summed E-state index contributed by atoms with van der Waals surface area (Å²) in [6.45, 7) is 2.21. The molecule has 0 aliphatic carbocycles. The first kappa shape index (κ1) is 23.2. The number of para-hydroxylation sites is 1. The molecule has 0 radical (unpaired) electrons. The highest BCUT2D eigenvalue weighted by Crippen LogP contribution is 2.18. The van der Waals surface area contributed by atoms with Crippen LogP contribution < -0.4 is 15.4 Å². The second-order valence-electron chi connectivity index (χ2n) is 7.74. The molecule has 1 fully saturated rings. The standard InChI is InChI=1S/C24H30N4O4/c29-22(27-18-19-6-12-25-13-7-19)8-14-26-24(31)20-9-15-28(16-10-20)23(30)11-17-32-21-4-2-1-3-5-21/h1-7,12-13,20H,8-11,14-18H2,(H,26,31)(H,27,29). The zero-order valence-corrected chi connectivity index (χ0v) is 18.2. The van der Waals surface area contributed by atoms with Crippen LogP contribution in [0.3, 0.4) is 0 Å². The average molecular weight is 439 g/mol. The predicted octanol–water partition coefficient (Wildman–Crippen LogP) is 1.91. The third-order valence-corrected chi connectivity index (χ3v) is 5.44. The number of aromatic nitrogens is 1. The number of rotatable bonds is 10. The molecule has 3 amide bonds. The van der Waals surface area contributed by atoms with E-state index in [-0.39, 0.29) is 30.1 Å². The van der Waals surface area contributed by atoms with Gasteiger partial charge in [-0.15, -0.1) is 0 Å². The van der Waals surface area contributed by atoms with E-state index in [1.54, 1.807) is 17.3 Å². The molecule has 2 aromatic rings. The lowest BCUT2D eigenvalue weighted by Gasteiger charge is -2.31. The number of benzene rings is 1. The molecule has 0 bridgehead atoms. The minimum absolute atomic E-state index is 0.0469. The van der Waals surface area contributed by atoms with Gasteiger partial charge in [-0.3, -0.25) is 19.4 Å². The van der Waals surface area contributed by atoms with Crippen LogP contribution in [0.4, 0.5) is 0 Å². The van der Waals surface area contributed by atoms with Gasteiger partial charge in [0.25, 0.3) is 0 Å². The van der Waals surface area contributed by atoms with Gasteiger partial charge >= 0.3 is 0 Å². The van der Waals surface area contributed by atoms with E-state index in [9.17, 15) is 14.4 Å². The maximum Gasteiger partial charge on any atom is 0.225 e. The van der Waals surface area contributed by atoms with E-state index in [1.165, 1.54) is 0 Å². The predicted molar refractivity (Wildman–Crippen MR) is 120 cm³/mol. The summed E-state index contributed by atoms with van der Waals surface area (Å²) < 4.78 is 5.59. The number of hydrogen-bond acceptors (Lipinski definition) is 5. The average Bonchev–Trinajstić information content (AvgIpc) is 2.84. The van der Waals surface area contributed by atoms with Crippen molar-refractivity contribution < 1.29 is 19.1 Å². The van der Waals surface area contributed by atoms with E-state index >= 15 is 0 Å². The van der Waals surface area contributed by atoms with Crippen LogP contribution in [0.1, 0.15) is 31.2 Å². The van der Waals surface area contributed by atoms with Crippen molar-refractivity contribution in [3.8, 4) is 5.75 Å². The minimum atomic E-state index is -0.125. The van der Waals surface area contributed by atoms with Gasteiger partial charge in [-0.2, -0.15) is 0 Å². The van der Waals surface area contributed by atoms with Crippen LogP contribution in [0.5, 0.6) is 5.75 Å². The van der Waals surface area contributed by atoms with E-state index in [4.69, 9.17) is 4.74 Å². The van der Waals surface area contributed by atoms with Crippen LogP contribution in [-0.4, -0.2) is 53.8 Å². The highest BCUT2D eigenvalue weighted by atomic mass is 16.5. The Hall–Kier alpha value is -3.42. The van der Waals surface area contributed by atoms with E-state index in [1.807, 2.05) is 42.5 Å². The Kier molecular flexibility index (Phi) is 9.04. The van der Waals surface area contributed by atoms with E-state index < -0.39 is 0 Å². The van der Waals surface area contributed by atoms with E-state index in [0.29, 0.717) is 52.0 Å². The van der Waals surface area contributed by atoms with Crippen molar-refractivity contribution in [1.29, 1.82) is 0 Å². The quantitative estimate of drug-likeness (QED) is 0.590. The molecule has 0 saturated carbocycles. The smallest absolute Gasteiger partial charge is 0.225 e. The summed E-state index contributed by atoms with van der Waals surface area (Å²) in [6.07, 6.45) is 5.17. The number of carbonyl (C=O) groups excluding carboxylic acids is 3. The third-order valence-electron chi connectivity index (χ3n) is 5.44. The number of likely N-dealkylation sites (tertiary alicyclic amines) is 1. The Labute approximate surface area is 188 Å². The van der Waals surface area contributed by atoms with Crippen LogP contribution in [-0.2, 0) is 20.9 Å². The van der Waals surface area contributed by atoms with Crippen molar-refractivity contribution in [2.75, 3.05) is 26.2 Å². The lowest BCUT2D eigenvalue weighted by molar-refractivity contribution is -0.136. The number of hydrogen-bond donors (Lipinski definition) is 2. The van der Waals surface area contributed by atoms with Crippen LogP contribution in [0.15, 0.2) is 54.9 Å². The molecular formula is C24H30N4O4. The van der Waals surface area contributed by atoms with Gasteiger partial charge in [0.05, 0.1) is 13.0 Å². The highest BCUT2D eigenvalue weighted by molar-refractivity contribution is 5.81. The lowest BCUT2D eigenvalue weighted by Crippen LogP contribution is -2.43. The third kappa shape index (κ3) is 7.68. The Balaban J connectivity index is 1.26. The molecule has 1 aromatic carbocycles. The summed E-state index contributed by atoms with van der Waals surface area (Å²) >= 11 is 0. The van der Waals surface area contributed by atoms with Crippen molar-refractivity contribution in [3.05, 3.63) is 60.4 Å². The monoisotopic (exact) mass is 438 g/mol. The molecule has 8 nitrogen and oxygen atoms in total. The number of nitrogens with one attached hydrogen (secondary N) is 2. The normalized spacial score (nSPS) is 13.9. The molecule has 1 aliphatic rings. The van der Waals surface area contributed by atoms with Gasteiger partial charge in [0.1, 0.15) is 5.75 Å². The molecule has 0 atom stereocenters. The molecule has 170 valence electrons. The number of pyridine rings is 1. The van der Waals surface area contributed by atoms with Crippen molar-refractivity contribution in [2.24, 2.45) is 5.92 Å². The van der Waals surface area contributed by atoms with Crippen LogP contribution in [0.25, 0.3) is 0 Å². The number of nitrogens with zero attached hydrogens (tertiary/aromatic N) is 2. The van der Waals surface area contributed by atoms with Crippen LogP contribution in [0.2, 0.25) is 0 Å². The maximum atomic E-state index is 12.4. The SMILES string of the molecule is O=C(CCNC(=O)C1CCN(C(=O)CCOc2ccccc2)CC1)NCc1ccncc1. The van der Waals surface area contributed by atoms with E-state index in [0.717, 1.165) is 11.3 Å². The summed E-state index contributed by atoms with van der Waals surface area (Å²) in [6, 6.07) is 13.1. The first-order chi connectivity index (χ1) is 15.6. The number of piperidine rings is 1. The van der Waals surface area contributed by atoms with Gasteiger partial charge in [0.15, 0.2) is 0 Å². The van der Waals surface area contributed by atoms with Gasteiger partial charge in [-0.1, -0.05) is 18.2 Å². The molecule has 1 aromatic heterocycles. The first-order valence-corrected chi connectivity index (χ1v) is 11.0. The molecule has 0 unspecified atom stereocenters. The molecule has 2 heterocycles. The molecule has 1 saturated heterocycles. The Morgan fingerprint density at radius 2 is 1.69 bits per heavy atom. The lowest BCUT2D eigenvalue weighted by atomic mass is 9.95. The maximum absolute atomic E-state index is 12.4. The number of ether oxygens (including phenoxy) is 1. The molecule has 3 rings (SSSR count). The second-order valence-corrected chi connectivity index (χ2v) is 7.74. The fraction of sp³-hybridized carbons (Fsp3) is 0.417. The van der Waals surface area contributed by atoms with Crippen LogP contribution in [0, 0.1) is 5.92 Å². The molecule has 2 N–H and O–H groups in total. The summed E-state index contributed by atoms with van der Waals surface area (Å²) in [4.78, 5) is 42.4. The Morgan fingerprint density at radius 1 is 0.969 bits per heavy atom. The van der Waals surface area contributed by atoms with Gasteiger partial charge in [0, 0.05) is 50.9 Å².